The van der Waals surface area contributed by atoms with E-state index in [0.717, 1.165) is 0 Å². The van der Waals surface area contributed by atoms with E-state index in [0.29, 0.717) is 34.1 Å². The lowest BCUT2D eigenvalue weighted by molar-refractivity contribution is 0.0949. The van der Waals surface area contributed by atoms with E-state index in [1.54, 1.807) is 39.0 Å². The summed E-state index contributed by atoms with van der Waals surface area (Å²) in [7, 11) is 0. The summed E-state index contributed by atoms with van der Waals surface area (Å²) in [4.78, 5) is 30.5. The van der Waals surface area contributed by atoms with Crippen molar-refractivity contribution in [2.45, 2.75) is 39.7 Å². The average molecular weight is 403 g/mol. The molecular formula is C20H22FN3O3S. The topological polar surface area (TPSA) is 83.7 Å². The summed E-state index contributed by atoms with van der Waals surface area (Å²) in [5.41, 5.74) is 0.915. The number of aromatic nitrogens is 2. The number of carbonyl (C=O) groups excluding carboxylic acids is 1. The molecule has 148 valence electrons. The second-order valence-electron chi connectivity index (χ2n) is 6.49. The molecule has 1 amide bonds. The quantitative estimate of drug-likeness (QED) is 0.663. The molecule has 0 spiro atoms. The first-order valence-electron chi connectivity index (χ1n) is 9.12. The van der Waals surface area contributed by atoms with Gasteiger partial charge < -0.3 is 10.4 Å². The van der Waals surface area contributed by atoms with Crippen molar-refractivity contribution < 1.29 is 14.3 Å². The number of aliphatic hydroxyl groups is 1. The van der Waals surface area contributed by atoms with Crippen LogP contribution in [-0.2, 0) is 6.42 Å². The van der Waals surface area contributed by atoms with E-state index in [4.69, 9.17) is 0 Å². The average Bonchev–Trinajstić information content (AvgIpc) is 2.99. The number of hydrogen-bond acceptors (Lipinski definition) is 5. The van der Waals surface area contributed by atoms with Gasteiger partial charge in [0.05, 0.1) is 11.8 Å². The molecule has 0 radical (unpaired) electrons. The van der Waals surface area contributed by atoms with Crippen LogP contribution in [0.15, 0.2) is 29.1 Å². The summed E-state index contributed by atoms with van der Waals surface area (Å²) < 4.78 is 16.0. The summed E-state index contributed by atoms with van der Waals surface area (Å²) in [6, 6.07) is 6.18. The van der Waals surface area contributed by atoms with Crippen molar-refractivity contribution in [2.24, 2.45) is 0 Å². The van der Waals surface area contributed by atoms with Gasteiger partial charge in [-0.05, 0) is 25.8 Å². The Balaban J connectivity index is 2.03. The van der Waals surface area contributed by atoms with Crippen molar-refractivity contribution in [3.63, 3.8) is 0 Å². The van der Waals surface area contributed by atoms with Gasteiger partial charge >= 0.3 is 0 Å². The molecule has 2 N–H and O–H groups in total. The van der Waals surface area contributed by atoms with Gasteiger partial charge in [-0.15, -0.1) is 11.3 Å². The zero-order chi connectivity index (χ0) is 20.4. The molecule has 3 rings (SSSR count). The van der Waals surface area contributed by atoms with E-state index >= 15 is 0 Å². The highest BCUT2D eigenvalue weighted by atomic mass is 32.1. The van der Waals surface area contributed by atoms with Crippen molar-refractivity contribution in [1.29, 1.82) is 0 Å². The molecule has 0 bridgehead atoms. The fraction of sp³-hybridized carbons (Fsp3) is 0.350. The van der Waals surface area contributed by atoms with E-state index in [9.17, 15) is 19.1 Å². The minimum Gasteiger partial charge on any atom is -0.388 e. The van der Waals surface area contributed by atoms with Crippen LogP contribution in [0.3, 0.4) is 0 Å². The molecule has 8 heteroatoms. The molecule has 6 nitrogen and oxygen atoms in total. The number of hydrogen-bond donors (Lipinski definition) is 2. The zero-order valence-electron chi connectivity index (χ0n) is 16.0. The predicted octanol–water partition coefficient (Wildman–Crippen LogP) is 2.99. The molecule has 0 aliphatic rings. The van der Waals surface area contributed by atoms with Gasteiger partial charge in [-0.3, -0.25) is 9.59 Å². The lowest BCUT2D eigenvalue weighted by atomic mass is 10.0. The highest BCUT2D eigenvalue weighted by Crippen LogP contribution is 2.24. The summed E-state index contributed by atoms with van der Waals surface area (Å²) in [6.07, 6.45) is -0.348. The number of halogens is 1. The van der Waals surface area contributed by atoms with Gasteiger partial charge in [0.15, 0.2) is 4.96 Å². The third kappa shape index (κ3) is 3.70. The van der Waals surface area contributed by atoms with Gasteiger partial charge in [0, 0.05) is 29.5 Å². The molecule has 2 heterocycles. The van der Waals surface area contributed by atoms with E-state index in [2.05, 4.69) is 10.3 Å². The minimum atomic E-state index is -0.874. The van der Waals surface area contributed by atoms with Crippen molar-refractivity contribution in [3.8, 4) is 0 Å². The Morgan fingerprint density at radius 1 is 1.39 bits per heavy atom. The van der Waals surface area contributed by atoms with Gasteiger partial charge in [0.2, 0.25) is 0 Å². The molecule has 1 aromatic carbocycles. The Kier molecular flexibility index (Phi) is 5.90. The summed E-state index contributed by atoms with van der Waals surface area (Å²) >= 11 is 1.24. The molecule has 0 saturated heterocycles. The largest absolute Gasteiger partial charge is 0.388 e. The van der Waals surface area contributed by atoms with Crippen molar-refractivity contribution in [1.82, 2.24) is 14.7 Å². The second-order valence-corrected chi connectivity index (χ2v) is 7.67. The molecule has 28 heavy (non-hydrogen) atoms. The number of fused-ring (bicyclic) bond motifs is 1. The van der Waals surface area contributed by atoms with E-state index < -0.39 is 11.9 Å². The van der Waals surface area contributed by atoms with Crippen molar-refractivity contribution in [3.05, 3.63) is 67.8 Å². The van der Waals surface area contributed by atoms with Crippen LogP contribution < -0.4 is 10.9 Å². The summed E-state index contributed by atoms with van der Waals surface area (Å²) in [5, 5.41) is 12.7. The van der Waals surface area contributed by atoms with Gasteiger partial charge in [-0.1, -0.05) is 25.1 Å². The highest BCUT2D eigenvalue weighted by molar-refractivity contribution is 7.17. The van der Waals surface area contributed by atoms with Gasteiger partial charge in [0.1, 0.15) is 11.5 Å². The SMILES string of the molecule is CCNC(=O)c1c(C)sc2nc(Cc3cccc(C(O)CC)c3F)cc(=O)n12. The Morgan fingerprint density at radius 2 is 2.14 bits per heavy atom. The molecule has 0 aliphatic heterocycles. The molecular weight excluding hydrogens is 381 g/mol. The monoisotopic (exact) mass is 403 g/mol. The fourth-order valence-electron chi connectivity index (χ4n) is 3.13. The summed E-state index contributed by atoms with van der Waals surface area (Å²) in [5.74, 6) is -0.806. The van der Waals surface area contributed by atoms with Crippen LogP contribution in [0.1, 0.15) is 58.6 Å². The number of amides is 1. The molecule has 0 saturated carbocycles. The lowest BCUT2D eigenvalue weighted by Crippen LogP contribution is -2.28. The number of rotatable bonds is 6. The Bertz CT molecular complexity index is 1090. The zero-order valence-corrected chi connectivity index (χ0v) is 16.8. The smallest absolute Gasteiger partial charge is 0.269 e. The third-order valence-electron chi connectivity index (χ3n) is 4.52. The molecule has 1 unspecified atom stereocenters. The predicted molar refractivity (Wildman–Crippen MR) is 107 cm³/mol. The van der Waals surface area contributed by atoms with E-state index in [1.807, 2.05) is 0 Å². The number of aryl methyl sites for hydroxylation is 1. The molecule has 3 aromatic rings. The molecule has 0 fully saturated rings. The normalized spacial score (nSPS) is 12.3. The Morgan fingerprint density at radius 3 is 2.82 bits per heavy atom. The number of carbonyl (C=O) groups is 1. The maximum Gasteiger partial charge on any atom is 0.269 e. The maximum atomic E-state index is 14.7. The van der Waals surface area contributed by atoms with Gasteiger partial charge in [0.25, 0.3) is 11.5 Å². The van der Waals surface area contributed by atoms with Gasteiger partial charge in [-0.25, -0.2) is 13.8 Å². The van der Waals surface area contributed by atoms with Crippen LogP contribution in [0, 0.1) is 12.7 Å². The van der Waals surface area contributed by atoms with Crippen LogP contribution in [0.25, 0.3) is 4.96 Å². The first kappa shape index (κ1) is 20.2. The standard InChI is InChI=1S/C20H22FN3O3S/c1-4-15(25)14-8-6-7-12(17(14)21)9-13-10-16(26)24-18(19(27)22-5-2)11(3)28-20(24)23-13/h6-8,10,15,25H,4-5,9H2,1-3H3,(H,22,27). The first-order valence-corrected chi connectivity index (χ1v) is 9.94. The summed E-state index contributed by atoms with van der Waals surface area (Å²) in [6.45, 7) is 5.80. The van der Waals surface area contributed by atoms with Crippen LogP contribution in [0.5, 0.6) is 0 Å². The van der Waals surface area contributed by atoms with Crippen LogP contribution >= 0.6 is 11.3 Å². The van der Waals surface area contributed by atoms with Crippen LogP contribution in [-0.4, -0.2) is 26.9 Å². The minimum absolute atomic E-state index is 0.120. The highest BCUT2D eigenvalue weighted by Gasteiger charge is 2.20. The molecule has 2 aromatic heterocycles. The number of benzene rings is 1. The first-order chi connectivity index (χ1) is 13.4. The lowest BCUT2D eigenvalue weighted by Gasteiger charge is -2.12. The molecule has 0 aliphatic carbocycles. The van der Waals surface area contributed by atoms with Crippen LogP contribution in [0.4, 0.5) is 4.39 Å². The van der Waals surface area contributed by atoms with Gasteiger partial charge in [-0.2, -0.15) is 0 Å². The maximum absolute atomic E-state index is 14.7. The van der Waals surface area contributed by atoms with Crippen molar-refractivity contribution >= 4 is 22.2 Å². The molecule has 1 atom stereocenters. The second kappa shape index (κ2) is 8.20. The Labute approximate surface area is 165 Å². The number of thiazole rings is 1. The Hall–Kier alpha value is -2.58. The van der Waals surface area contributed by atoms with Crippen LogP contribution in [0.2, 0.25) is 0 Å². The number of nitrogens with zero attached hydrogens (tertiary/aromatic N) is 2. The number of nitrogens with one attached hydrogen (secondary N) is 1. The van der Waals surface area contributed by atoms with Crippen molar-refractivity contribution in [2.75, 3.05) is 6.54 Å². The number of aliphatic hydroxyl groups excluding tert-OH is 1. The van der Waals surface area contributed by atoms with E-state index in [1.165, 1.54) is 21.8 Å². The van der Waals surface area contributed by atoms with E-state index in [-0.39, 0.29) is 29.1 Å². The fourth-order valence-corrected chi connectivity index (χ4v) is 4.12. The third-order valence-corrected chi connectivity index (χ3v) is 5.48.